The first-order valence-electron chi connectivity index (χ1n) is 9.02. The summed E-state index contributed by atoms with van der Waals surface area (Å²) in [4.78, 5) is 18.1. The number of rotatable bonds is 3. The molecule has 0 bridgehead atoms. The largest absolute Gasteiger partial charge is 0.414 e. The van der Waals surface area contributed by atoms with E-state index in [-0.39, 0.29) is 6.04 Å². The highest BCUT2D eigenvalue weighted by molar-refractivity contribution is 5.91. The Morgan fingerprint density at radius 3 is 3.18 bits per heavy atom. The van der Waals surface area contributed by atoms with E-state index in [1.54, 1.807) is 25.1 Å². The summed E-state index contributed by atoms with van der Waals surface area (Å²) in [6, 6.07) is 5.47. The Hall–Kier alpha value is -2.01. The second kappa shape index (κ2) is 6.01. The predicted octanol–water partition coefficient (Wildman–Crippen LogP) is 2.87. The van der Waals surface area contributed by atoms with E-state index in [9.17, 15) is 4.79 Å². The number of carbonyl (C=O) groups is 1. The summed E-state index contributed by atoms with van der Waals surface area (Å²) < 4.78 is 28.6. The van der Waals surface area contributed by atoms with Gasteiger partial charge in [-0.15, -0.1) is 0 Å². The van der Waals surface area contributed by atoms with Crippen LogP contribution in [0.15, 0.2) is 24.4 Å². The van der Waals surface area contributed by atoms with Crippen molar-refractivity contribution in [3.8, 4) is 5.75 Å². The first kappa shape index (κ1) is 11.5. The average molecular weight is 304 g/mol. The maximum absolute atomic E-state index is 11.9. The number of aromatic nitrogens is 1. The van der Waals surface area contributed by atoms with E-state index in [1.807, 2.05) is 18.3 Å². The smallest absolute Gasteiger partial charge is 0.409 e. The lowest BCUT2D eigenvalue weighted by atomic mass is 10.0. The highest BCUT2D eigenvalue weighted by Crippen LogP contribution is 2.31. The van der Waals surface area contributed by atoms with Crippen molar-refractivity contribution < 1.29 is 13.6 Å². The fourth-order valence-electron chi connectivity index (χ4n) is 2.95. The quantitative estimate of drug-likeness (QED) is 0.948. The van der Waals surface area contributed by atoms with Crippen LogP contribution in [0.2, 0.25) is 0 Å². The number of fused-ring (bicyclic) bond motifs is 1. The minimum Gasteiger partial charge on any atom is -0.409 e. The van der Waals surface area contributed by atoms with Crippen molar-refractivity contribution in [2.24, 2.45) is 0 Å². The van der Waals surface area contributed by atoms with Crippen LogP contribution in [0.25, 0.3) is 10.9 Å². The van der Waals surface area contributed by atoms with Crippen molar-refractivity contribution in [2.45, 2.75) is 25.3 Å². The molecule has 1 fully saturated rings. The molecule has 0 saturated carbocycles. The van der Waals surface area contributed by atoms with Gasteiger partial charge in [0.1, 0.15) is 5.75 Å². The van der Waals surface area contributed by atoms with Crippen LogP contribution in [0, 0.1) is 0 Å². The minimum absolute atomic E-state index is 0.0379. The van der Waals surface area contributed by atoms with Crippen LogP contribution in [-0.2, 0) is 6.42 Å². The molecule has 1 amide bonds. The van der Waals surface area contributed by atoms with E-state index in [0.29, 0.717) is 18.7 Å². The number of likely N-dealkylation sites (N-methyl/N-ethyl adjacent to an activating group) is 1. The standard InChI is InChI=1S/C17H23N3O2/c1-19(2)17(21)22-15-8-4-7-14-16(15)12(11-18-14)10-13-6-5-9-20(13)3/h4,7-8,11,13,18H,5-6,9-10H2,1-3H3/t13-/m1/s1/i3D3. The molecular weight excluding hydrogens is 278 g/mol. The van der Waals surface area contributed by atoms with Gasteiger partial charge in [-0.3, -0.25) is 0 Å². The number of hydrogen-bond donors (Lipinski definition) is 1. The number of ether oxygens (including phenoxy) is 1. The molecular formula is C17H23N3O2. The van der Waals surface area contributed by atoms with Crippen LogP contribution >= 0.6 is 0 Å². The Balaban J connectivity index is 1.91. The van der Waals surface area contributed by atoms with Gasteiger partial charge in [0.05, 0.1) is 0 Å². The third-order valence-electron chi connectivity index (χ3n) is 4.14. The summed E-state index contributed by atoms with van der Waals surface area (Å²) in [6.07, 6.45) is 3.78. The molecule has 3 rings (SSSR count). The highest BCUT2D eigenvalue weighted by Gasteiger charge is 2.23. The molecule has 1 N–H and O–H groups in total. The molecule has 1 aliphatic heterocycles. The zero-order valence-electron chi connectivity index (χ0n) is 15.9. The number of aromatic amines is 1. The van der Waals surface area contributed by atoms with Crippen molar-refractivity contribution in [1.29, 1.82) is 0 Å². The molecule has 5 heteroatoms. The van der Waals surface area contributed by atoms with Crippen LogP contribution in [-0.4, -0.2) is 54.5 Å². The number of likely N-dealkylation sites (tertiary alicyclic amines) is 1. The molecule has 118 valence electrons. The number of amides is 1. The Labute approximate surface area is 135 Å². The lowest BCUT2D eigenvalue weighted by Gasteiger charge is -2.19. The summed E-state index contributed by atoms with van der Waals surface area (Å²) in [5.41, 5.74) is 1.84. The van der Waals surface area contributed by atoms with Crippen LogP contribution in [0.5, 0.6) is 5.75 Å². The second-order valence-electron chi connectivity index (χ2n) is 5.95. The van der Waals surface area contributed by atoms with Gasteiger partial charge in [0.2, 0.25) is 0 Å². The first-order valence-corrected chi connectivity index (χ1v) is 7.52. The number of benzene rings is 1. The molecule has 1 saturated heterocycles. The topological polar surface area (TPSA) is 48.6 Å². The molecule has 0 unspecified atom stereocenters. The molecule has 1 atom stereocenters. The summed E-state index contributed by atoms with van der Waals surface area (Å²) in [5.74, 6) is 0.492. The van der Waals surface area contributed by atoms with Crippen molar-refractivity contribution in [3.63, 3.8) is 0 Å². The fourth-order valence-corrected chi connectivity index (χ4v) is 2.95. The van der Waals surface area contributed by atoms with Gasteiger partial charge < -0.3 is 19.5 Å². The number of nitrogens with one attached hydrogen (secondary N) is 1. The zero-order chi connectivity index (χ0) is 18.2. The lowest BCUT2D eigenvalue weighted by Crippen LogP contribution is -2.27. The van der Waals surface area contributed by atoms with E-state index in [1.165, 1.54) is 4.90 Å². The molecule has 0 spiro atoms. The normalized spacial score (nSPS) is 21.4. The zero-order valence-corrected chi connectivity index (χ0v) is 12.9. The number of H-pyrrole nitrogens is 1. The maximum atomic E-state index is 11.9. The lowest BCUT2D eigenvalue weighted by molar-refractivity contribution is 0.172. The van der Waals surface area contributed by atoms with Crippen molar-refractivity contribution in [3.05, 3.63) is 30.0 Å². The molecule has 22 heavy (non-hydrogen) atoms. The molecule has 0 radical (unpaired) electrons. The Morgan fingerprint density at radius 1 is 1.55 bits per heavy atom. The van der Waals surface area contributed by atoms with Gasteiger partial charge in [0.15, 0.2) is 0 Å². The van der Waals surface area contributed by atoms with E-state index < -0.39 is 13.1 Å². The van der Waals surface area contributed by atoms with Gasteiger partial charge in [-0.05, 0) is 50.5 Å². The minimum atomic E-state index is -2.08. The number of hydrogen-bond acceptors (Lipinski definition) is 3. The maximum Gasteiger partial charge on any atom is 0.414 e. The Kier molecular flexibility index (Phi) is 3.15. The Morgan fingerprint density at radius 2 is 2.41 bits per heavy atom. The fraction of sp³-hybridized carbons (Fsp3) is 0.471. The van der Waals surface area contributed by atoms with Crippen LogP contribution < -0.4 is 4.74 Å². The highest BCUT2D eigenvalue weighted by atomic mass is 16.6. The van der Waals surface area contributed by atoms with Gasteiger partial charge in [-0.25, -0.2) is 4.79 Å². The Bertz CT molecular complexity index is 770. The first-order chi connectivity index (χ1) is 11.8. The van der Waals surface area contributed by atoms with Gasteiger partial charge in [-0.2, -0.15) is 0 Å². The number of nitrogens with zero attached hydrogens (tertiary/aromatic N) is 2. The third-order valence-corrected chi connectivity index (χ3v) is 4.14. The third kappa shape index (κ3) is 2.81. The molecule has 0 aliphatic carbocycles. The van der Waals surface area contributed by atoms with Crippen molar-refractivity contribution >= 4 is 17.0 Å². The van der Waals surface area contributed by atoms with Gasteiger partial charge in [0, 0.05) is 41.3 Å². The van der Waals surface area contributed by atoms with E-state index >= 15 is 0 Å². The summed E-state index contributed by atoms with van der Waals surface area (Å²) in [6.45, 7) is -1.49. The van der Waals surface area contributed by atoms with Crippen LogP contribution in [0.1, 0.15) is 22.5 Å². The van der Waals surface area contributed by atoms with E-state index in [2.05, 4.69) is 4.98 Å². The monoisotopic (exact) mass is 304 g/mol. The molecule has 1 aromatic carbocycles. The van der Waals surface area contributed by atoms with Crippen molar-refractivity contribution in [1.82, 2.24) is 14.8 Å². The molecule has 1 aliphatic rings. The molecule has 1 aromatic heterocycles. The van der Waals surface area contributed by atoms with Crippen LogP contribution in [0.4, 0.5) is 4.79 Å². The van der Waals surface area contributed by atoms with Gasteiger partial charge in [0.25, 0.3) is 0 Å². The van der Waals surface area contributed by atoms with Crippen LogP contribution in [0.3, 0.4) is 0 Å². The van der Waals surface area contributed by atoms with Gasteiger partial charge >= 0.3 is 6.09 Å². The molecule has 5 nitrogen and oxygen atoms in total. The average Bonchev–Trinajstić information content (AvgIpc) is 3.15. The number of carbonyl (C=O) groups excluding carboxylic acids is 1. The van der Waals surface area contributed by atoms with E-state index in [4.69, 9.17) is 8.85 Å². The SMILES string of the molecule is [2H]C([2H])([2H])N1CCC[C@@H]1Cc1c[nH]c2cccc(OC(=O)N(C)C)c12. The second-order valence-corrected chi connectivity index (χ2v) is 5.95. The van der Waals surface area contributed by atoms with Crippen molar-refractivity contribution in [2.75, 3.05) is 27.6 Å². The summed E-state index contributed by atoms with van der Waals surface area (Å²) >= 11 is 0. The summed E-state index contributed by atoms with van der Waals surface area (Å²) in [7, 11) is 3.26. The predicted molar refractivity (Wildman–Crippen MR) is 87.4 cm³/mol. The van der Waals surface area contributed by atoms with E-state index in [0.717, 1.165) is 29.3 Å². The molecule has 2 aromatic rings. The van der Waals surface area contributed by atoms with Gasteiger partial charge in [-0.1, -0.05) is 6.07 Å². The summed E-state index contributed by atoms with van der Waals surface area (Å²) in [5, 5.41) is 0.843. The molecule has 2 heterocycles.